The lowest BCUT2D eigenvalue weighted by Gasteiger charge is -2.21. The Morgan fingerprint density at radius 1 is 1.09 bits per heavy atom. The molecule has 2 amide bonds. The number of nitriles is 1. The number of para-hydroxylation sites is 1. The summed E-state index contributed by atoms with van der Waals surface area (Å²) in [6, 6.07) is 14.9. The van der Waals surface area contributed by atoms with Gasteiger partial charge in [-0.05, 0) is 42.3 Å². The van der Waals surface area contributed by atoms with Crippen molar-refractivity contribution >= 4 is 34.4 Å². The molecule has 9 heteroatoms. The fourth-order valence-electron chi connectivity index (χ4n) is 3.05. The van der Waals surface area contributed by atoms with Gasteiger partial charge in [0.2, 0.25) is 0 Å². The number of benzene rings is 2. The molecule has 0 bridgehead atoms. The number of ether oxygens (including phenoxy) is 1. The average Bonchev–Trinajstić information content (AvgIpc) is 2.80. The van der Waals surface area contributed by atoms with E-state index in [2.05, 4.69) is 25.9 Å². The Hall–Kier alpha value is -4.19. The minimum Gasteiger partial charge on any atom is -0.467 e. The largest absolute Gasteiger partial charge is 0.467 e. The third kappa shape index (κ3) is 5.49. The first-order chi connectivity index (χ1) is 15.4. The molecule has 1 atom stereocenters. The van der Waals surface area contributed by atoms with Crippen LogP contribution in [0.2, 0.25) is 0 Å². The summed E-state index contributed by atoms with van der Waals surface area (Å²) in [4.78, 5) is 33.5. The Labute approximate surface area is 185 Å². The standard InChI is InChI=1S/C23H24N6O3/c1-14(2)20(22(30)32-3)29-21-17-6-4-5-7-18(17)27-19(28-21)13-25-23(31)26-16-10-8-15(12-24)9-11-16/h4-11,14,20H,13H2,1-3H3,(H2,25,26,31)(H,27,28,29)/t20-/m0/s1. The fourth-order valence-corrected chi connectivity index (χ4v) is 3.05. The van der Waals surface area contributed by atoms with Gasteiger partial charge in [-0.1, -0.05) is 26.0 Å². The molecule has 0 saturated carbocycles. The molecule has 0 aliphatic carbocycles. The van der Waals surface area contributed by atoms with Crippen molar-refractivity contribution in [3.05, 3.63) is 59.9 Å². The molecule has 9 nitrogen and oxygen atoms in total. The minimum absolute atomic E-state index is 0.0315. The van der Waals surface area contributed by atoms with E-state index in [-0.39, 0.29) is 18.4 Å². The molecule has 3 N–H and O–H groups in total. The number of amides is 2. The summed E-state index contributed by atoms with van der Waals surface area (Å²) in [5.41, 5.74) is 1.75. The van der Waals surface area contributed by atoms with Gasteiger partial charge in [0.15, 0.2) is 5.82 Å². The monoisotopic (exact) mass is 432 g/mol. The van der Waals surface area contributed by atoms with Crippen LogP contribution in [0.1, 0.15) is 25.2 Å². The first kappa shape index (κ1) is 22.5. The van der Waals surface area contributed by atoms with E-state index in [0.717, 1.165) is 5.39 Å². The average molecular weight is 432 g/mol. The molecule has 2 aromatic carbocycles. The predicted octanol–water partition coefficient (Wildman–Crippen LogP) is 3.43. The van der Waals surface area contributed by atoms with Gasteiger partial charge in [-0.15, -0.1) is 0 Å². The number of methoxy groups -OCH3 is 1. The van der Waals surface area contributed by atoms with Crippen molar-refractivity contribution in [2.24, 2.45) is 5.92 Å². The van der Waals surface area contributed by atoms with E-state index < -0.39 is 12.1 Å². The number of nitrogens with zero attached hydrogens (tertiary/aromatic N) is 3. The zero-order valence-electron chi connectivity index (χ0n) is 18.0. The molecule has 3 aromatic rings. The maximum Gasteiger partial charge on any atom is 0.328 e. The van der Waals surface area contributed by atoms with Gasteiger partial charge >= 0.3 is 12.0 Å². The summed E-state index contributed by atoms with van der Waals surface area (Å²) >= 11 is 0. The van der Waals surface area contributed by atoms with Crippen LogP contribution in [0.5, 0.6) is 0 Å². The number of nitrogens with one attached hydrogen (secondary N) is 3. The Morgan fingerprint density at radius 3 is 2.47 bits per heavy atom. The first-order valence-electron chi connectivity index (χ1n) is 10.1. The highest BCUT2D eigenvalue weighted by Crippen LogP contribution is 2.22. The summed E-state index contributed by atoms with van der Waals surface area (Å²) in [6.07, 6.45) is 0. The van der Waals surface area contributed by atoms with Crippen LogP contribution >= 0.6 is 0 Å². The molecule has 0 unspecified atom stereocenters. The molecule has 0 spiro atoms. The number of rotatable bonds is 7. The number of hydrogen-bond donors (Lipinski definition) is 3. The molecule has 1 aromatic heterocycles. The van der Waals surface area contributed by atoms with Gasteiger partial charge in [-0.25, -0.2) is 19.6 Å². The van der Waals surface area contributed by atoms with Gasteiger partial charge in [0.25, 0.3) is 0 Å². The summed E-state index contributed by atoms with van der Waals surface area (Å²) in [5.74, 6) is 0.456. The van der Waals surface area contributed by atoms with Crippen LogP contribution in [0.25, 0.3) is 10.9 Å². The molecule has 0 aliphatic rings. The second-order valence-electron chi connectivity index (χ2n) is 7.39. The third-order valence-electron chi connectivity index (χ3n) is 4.74. The zero-order valence-corrected chi connectivity index (χ0v) is 18.0. The molecule has 0 saturated heterocycles. The molecule has 0 aliphatic heterocycles. The molecule has 1 heterocycles. The highest BCUT2D eigenvalue weighted by atomic mass is 16.5. The molecule has 0 radical (unpaired) electrons. The smallest absolute Gasteiger partial charge is 0.328 e. The Morgan fingerprint density at radius 2 is 1.81 bits per heavy atom. The van der Waals surface area contributed by atoms with Gasteiger partial charge in [0.05, 0.1) is 30.8 Å². The van der Waals surface area contributed by atoms with Gasteiger partial charge in [0.1, 0.15) is 11.9 Å². The van der Waals surface area contributed by atoms with Crippen LogP contribution in [0.15, 0.2) is 48.5 Å². The van der Waals surface area contributed by atoms with Crippen molar-refractivity contribution in [3.63, 3.8) is 0 Å². The van der Waals surface area contributed by atoms with Crippen molar-refractivity contribution in [1.82, 2.24) is 15.3 Å². The number of carbonyl (C=O) groups excluding carboxylic acids is 2. The molecular formula is C23H24N6O3. The van der Waals surface area contributed by atoms with Crippen molar-refractivity contribution in [3.8, 4) is 6.07 Å². The van der Waals surface area contributed by atoms with Crippen LogP contribution < -0.4 is 16.0 Å². The van der Waals surface area contributed by atoms with Gasteiger partial charge < -0.3 is 20.7 Å². The normalized spacial score (nSPS) is 11.5. The molecule has 32 heavy (non-hydrogen) atoms. The van der Waals surface area contributed by atoms with E-state index in [1.54, 1.807) is 24.3 Å². The van der Waals surface area contributed by atoms with E-state index in [1.807, 2.05) is 44.2 Å². The summed E-state index contributed by atoms with van der Waals surface area (Å²) in [5, 5.41) is 18.2. The van der Waals surface area contributed by atoms with Gasteiger partial charge in [-0.3, -0.25) is 0 Å². The van der Waals surface area contributed by atoms with E-state index >= 15 is 0 Å². The summed E-state index contributed by atoms with van der Waals surface area (Å²) < 4.78 is 4.91. The molecule has 0 fully saturated rings. The number of esters is 1. The third-order valence-corrected chi connectivity index (χ3v) is 4.74. The maximum absolute atomic E-state index is 12.3. The summed E-state index contributed by atoms with van der Waals surface area (Å²) in [6.45, 7) is 3.90. The van der Waals surface area contributed by atoms with Crippen LogP contribution in [-0.2, 0) is 16.1 Å². The van der Waals surface area contributed by atoms with Crippen molar-refractivity contribution in [1.29, 1.82) is 5.26 Å². The molecular weight excluding hydrogens is 408 g/mol. The van der Waals surface area contributed by atoms with Crippen LogP contribution in [-0.4, -0.2) is 35.1 Å². The quantitative estimate of drug-likeness (QED) is 0.488. The van der Waals surface area contributed by atoms with E-state index in [4.69, 9.17) is 10.00 Å². The zero-order chi connectivity index (χ0) is 23.1. The SMILES string of the molecule is COC(=O)[C@@H](Nc1nc(CNC(=O)Nc2ccc(C#N)cc2)nc2ccccc12)C(C)C. The van der Waals surface area contributed by atoms with E-state index in [9.17, 15) is 9.59 Å². The van der Waals surface area contributed by atoms with Crippen LogP contribution in [0.4, 0.5) is 16.3 Å². The lowest BCUT2D eigenvalue weighted by atomic mass is 10.0. The lowest BCUT2D eigenvalue weighted by Crippen LogP contribution is -2.36. The van der Waals surface area contributed by atoms with Gasteiger partial charge in [-0.2, -0.15) is 5.26 Å². The number of aromatic nitrogens is 2. The highest BCUT2D eigenvalue weighted by molar-refractivity contribution is 5.91. The van der Waals surface area contributed by atoms with E-state index in [0.29, 0.717) is 28.4 Å². The number of anilines is 2. The predicted molar refractivity (Wildman–Crippen MR) is 121 cm³/mol. The first-order valence-corrected chi connectivity index (χ1v) is 10.1. The van der Waals surface area contributed by atoms with Gasteiger partial charge in [0, 0.05) is 11.1 Å². The minimum atomic E-state index is -0.584. The maximum atomic E-state index is 12.3. The second kappa shape index (κ2) is 10.2. The lowest BCUT2D eigenvalue weighted by molar-refractivity contribution is -0.142. The topological polar surface area (TPSA) is 129 Å². The second-order valence-corrected chi connectivity index (χ2v) is 7.39. The highest BCUT2D eigenvalue weighted by Gasteiger charge is 2.24. The Balaban J connectivity index is 1.77. The van der Waals surface area contributed by atoms with E-state index in [1.165, 1.54) is 7.11 Å². The van der Waals surface area contributed by atoms with Crippen LogP contribution in [0.3, 0.4) is 0 Å². The Bertz CT molecular complexity index is 1150. The number of carbonyl (C=O) groups is 2. The molecule has 3 rings (SSSR count). The molecule has 164 valence electrons. The number of hydrogen-bond acceptors (Lipinski definition) is 7. The van der Waals surface area contributed by atoms with Crippen molar-refractivity contribution in [2.45, 2.75) is 26.4 Å². The Kier molecular flexibility index (Phi) is 7.18. The summed E-state index contributed by atoms with van der Waals surface area (Å²) in [7, 11) is 1.35. The van der Waals surface area contributed by atoms with Crippen LogP contribution in [0, 0.1) is 17.2 Å². The van der Waals surface area contributed by atoms with Crippen molar-refractivity contribution < 1.29 is 14.3 Å². The van der Waals surface area contributed by atoms with Crippen molar-refractivity contribution in [2.75, 3.05) is 17.7 Å². The fraction of sp³-hybridized carbons (Fsp3) is 0.261. The number of urea groups is 1. The number of fused-ring (bicyclic) bond motifs is 1.